The monoisotopic (exact) mass is 258 g/mol. The van der Waals surface area contributed by atoms with Crippen LogP contribution in [0.2, 0.25) is 0 Å². The lowest BCUT2D eigenvalue weighted by molar-refractivity contribution is -0.143. The van der Waals surface area contributed by atoms with Gasteiger partial charge in [-0.2, -0.15) is 0 Å². The molecule has 0 aromatic rings. The summed E-state index contributed by atoms with van der Waals surface area (Å²) in [7, 11) is 1.70. The van der Waals surface area contributed by atoms with Gasteiger partial charge < -0.3 is 20.0 Å². The molecule has 1 unspecified atom stereocenters. The highest BCUT2D eigenvalue weighted by molar-refractivity contribution is 5.75. The number of aliphatic carboxylic acids is 1. The first-order valence-corrected chi connectivity index (χ1v) is 6.32. The van der Waals surface area contributed by atoms with Crippen molar-refractivity contribution < 1.29 is 19.8 Å². The lowest BCUT2D eigenvalue weighted by atomic mass is 9.97. The van der Waals surface area contributed by atoms with E-state index in [-0.39, 0.29) is 11.9 Å². The van der Waals surface area contributed by atoms with Gasteiger partial charge in [0.05, 0.1) is 12.0 Å². The lowest BCUT2D eigenvalue weighted by Crippen LogP contribution is -2.46. The Hall–Kier alpha value is -1.30. The highest BCUT2D eigenvalue weighted by Gasteiger charge is 2.28. The summed E-state index contributed by atoms with van der Waals surface area (Å²) in [5.41, 5.74) is 0. The molecule has 6 nitrogen and oxygen atoms in total. The molecule has 2 amide bonds. The van der Waals surface area contributed by atoms with E-state index in [0.717, 1.165) is 0 Å². The number of rotatable bonds is 4. The number of hydrogen-bond donors (Lipinski definition) is 2. The molecule has 0 aromatic heterocycles. The molecule has 0 aliphatic carbocycles. The Morgan fingerprint density at radius 2 is 1.94 bits per heavy atom. The molecule has 1 aliphatic heterocycles. The smallest absolute Gasteiger partial charge is 0.319 e. The van der Waals surface area contributed by atoms with E-state index < -0.39 is 12.1 Å². The van der Waals surface area contributed by atoms with Crippen molar-refractivity contribution >= 4 is 12.0 Å². The second-order valence-electron chi connectivity index (χ2n) is 4.94. The minimum absolute atomic E-state index is 0.0838. The van der Waals surface area contributed by atoms with E-state index in [4.69, 9.17) is 5.11 Å². The standard InChI is InChI=1S/C12H22N2O4/c1-9(15)3-6-13(2)12(18)14-7-4-10(5-8-14)11(16)17/h9-10,15H,3-8H2,1-2H3,(H,16,17). The number of hydrogen-bond acceptors (Lipinski definition) is 3. The first-order valence-electron chi connectivity index (χ1n) is 6.32. The Balaban J connectivity index is 2.37. The lowest BCUT2D eigenvalue weighted by Gasteiger charge is -2.33. The number of aliphatic hydroxyl groups excluding tert-OH is 1. The zero-order valence-corrected chi connectivity index (χ0v) is 11.0. The molecule has 6 heteroatoms. The summed E-state index contributed by atoms with van der Waals surface area (Å²) < 4.78 is 0. The van der Waals surface area contributed by atoms with Gasteiger partial charge in [-0.3, -0.25) is 4.79 Å². The highest BCUT2D eigenvalue weighted by Crippen LogP contribution is 2.18. The number of nitrogens with zero attached hydrogens (tertiary/aromatic N) is 2. The fourth-order valence-corrected chi connectivity index (χ4v) is 2.04. The average molecular weight is 258 g/mol. The predicted molar refractivity (Wildman–Crippen MR) is 66.3 cm³/mol. The van der Waals surface area contributed by atoms with E-state index in [1.807, 2.05) is 0 Å². The van der Waals surface area contributed by atoms with E-state index in [1.54, 1.807) is 23.8 Å². The summed E-state index contributed by atoms with van der Waals surface area (Å²) in [6.45, 7) is 3.19. The van der Waals surface area contributed by atoms with Gasteiger partial charge in [-0.1, -0.05) is 0 Å². The molecule has 2 N–H and O–H groups in total. The van der Waals surface area contributed by atoms with Crippen molar-refractivity contribution in [3.05, 3.63) is 0 Å². The van der Waals surface area contributed by atoms with Crippen molar-refractivity contribution in [1.82, 2.24) is 9.80 Å². The van der Waals surface area contributed by atoms with Crippen LogP contribution in [0.3, 0.4) is 0 Å². The van der Waals surface area contributed by atoms with E-state index >= 15 is 0 Å². The molecular weight excluding hydrogens is 236 g/mol. The summed E-state index contributed by atoms with van der Waals surface area (Å²) in [6.07, 6.45) is 1.17. The number of carboxylic acids is 1. The van der Waals surface area contributed by atoms with Gasteiger partial charge in [0.2, 0.25) is 0 Å². The molecule has 1 atom stereocenters. The van der Waals surface area contributed by atoms with Crippen LogP contribution >= 0.6 is 0 Å². The van der Waals surface area contributed by atoms with Gasteiger partial charge >= 0.3 is 12.0 Å². The van der Waals surface area contributed by atoms with Crippen molar-refractivity contribution in [2.24, 2.45) is 5.92 Å². The second kappa shape index (κ2) is 6.58. The number of likely N-dealkylation sites (tertiary alicyclic amines) is 1. The molecule has 1 fully saturated rings. The Kier molecular flexibility index (Phi) is 5.40. The highest BCUT2D eigenvalue weighted by atomic mass is 16.4. The number of carbonyl (C=O) groups is 2. The van der Waals surface area contributed by atoms with Gasteiger partial charge in [0, 0.05) is 26.7 Å². The zero-order valence-electron chi connectivity index (χ0n) is 11.0. The largest absolute Gasteiger partial charge is 0.481 e. The quantitative estimate of drug-likeness (QED) is 0.774. The number of carbonyl (C=O) groups excluding carboxylic acids is 1. The molecule has 0 radical (unpaired) electrons. The summed E-state index contributed by atoms with van der Waals surface area (Å²) in [5, 5.41) is 18.0. The van der Waals surface area contributed by atoms with Gasteiger partial charge in [0.1, 0.15) is 0 Å². The minimum atomic E-state index is -0.774. The van der Waals surface area contributed by atoms with Gasteiger partial charge in [0.25, 0.3) is 0 Å². The maximum absolute atomic E-state index is 12.0. The fourth-order valence-electron chi connectivity index (χ4n) is 2.04. The second-order valence-corrected chi connectivity index (χ2v) is 4.94. The number of piperidine rings is 1. The number of urea groups is 1. The third kappa shape index (κ3) is 4.18. The van der Waals surface area contributed by atoms with Crippen molar-refractivity contribution in [3.63, 3.8) is 0 Å². The van der Waals surface area contributed by atoms with Crippen LogP contribution in [0.1, 0.15) is 26.2 Å². The average Bonchev–Trinajstić information content (AvgIpc) is 2.35. The van der Waals surface area contributed by atoms with Crippen LogP contribution in [0.5, 0.6) is 0 Å². The fraction of sp³-hybridized carbons (Fsp3) is 0.833. The number of aliphatic hydroxyl groups is 1. The summed E-state index contributed by atoms with van der Waals surface area (Å²) in [6, 6.07) is -0.0838. The Morgan fingerprint density at radius 3 is 2.39 bits per heavy atom. The summed E-state index contributed by atoms with van der Waals surface area (Å²) >= 11 is 0. The summed E-state index contributed by atoms with van der Waals surface area (Å²) in [4.78, 5) is 26.1. The molecule has 0 saturated carbocycles. The van der Waals surface area contributed by atoms with E-state index in [1.165, 1.54) is 0 Å². The molecule has 18 heavy (non-hydrogen) atoms. The molecule has 1 aliphatic rings. The summed E-state index contributed by atoms with van der Waals surface area (Å²) in [5.74, 6) is -1.10. The molecule has 0 spiro atoms. The molecule has 1 heterocycles. The van der Waals surface area contributed by atoms with Gasteiger partial charge in [-0.25, -0.2) is 4.79 Å². The maximum Gasteiger partial charge on any atom is 0.319 e. The van der Waals surface area contributed by atoms with Gasteiger partial charge in [-0.05, 0) is 26.2 Å². The molecule has 1 rings (SSSR count). The van der Waals surface area contributed by atoms with Crippen LogP contribution in [0.4, 0.5) is 4.79 Å². The Morgan fingerprint density at radius 1 is 1.39 bits per heavy atom. The van der Waals surface area contributed by atoms with Crippen LogP contribution < -0.4 is 0 Å². The van der Waals surface area contributed by atoms with E-state index in [9.17, 15) is 14.7 Å². The van der Waals surface area contributed by atoms with Crippen LogP contribution in [-0.4, -0.2) is 64.8 Å². The van der Waals surface area contributed by atoms with Crippen molar-refractivity contribution in [1.29, 1.82) is 0 Å². The van der Waals surface area contributed by atoms with Gasteiger partial charge in [0.15, 0.2) is 0 Å². The topological polar surface area (TPSA) is 81.1 Å². The maximum atomic E-state index is 12.0. The molecule has 0 bridgehead atoms. The Bertz CT molecular complexity index is 298. The van der Waals surface area contributed by atoms with Crippen molar-refractivity contribution in [2.45, 2.75) is 32.3 Å². The first-order chi connectivity index (χ1) is 8.41. The van der Waals surface area contributed by atoms with Crippen LogP contribution in [0, 0.1) is 5.92 Å². The van der Waals surface area contributed by atoms with Crippen LogP contribution in [-0.2, 0) is 4.79 Å². The minimum Gasteiger partial charge on any atom is -0.481 e. The number of carboxylic acid groups (broad SMARTS) is 1. The predicted octanol–water partition coefficient (Wildman–Crippen LogP) is 0.606. The third-order valence-electron chi connectivity index (χ3n) is 3.32. The van der Waals surface area contributed by atoms with Crippen LogP contribution in [0.15, 0.2) is 0 Å². The van der Waals surface area contributed by atoms with Crippen LogP contribution in [0.25, 0.3) is 0 Å². The van der Waals surface area contributed by atoms with E-state index in [0.29, 0.717) is 38.9 Å². The van der Waals surface area contributed by atoms with Crippen molar-refractivity contribution in [2.75, 3.05) is 26.7 Å². The molecule has 0 aromatic carbocycles. The molecule has 1 saturated heterocycles. The zero-order chi connectivity index (χ0) is 13.7. The molecule has 104 valence electrons. The van der Waals surface area contributed by atoms with Crippen molar-refractivity contribution in [3.8, 4) is 0 Å². The Labute approximate surface area is 107 Å². The third-order valence-corrected chi connectivity index (χ3v) is 3.32. The normalized spacial score (nSPS) is 18.5. The van der Waals surface area contributed by atoms with Gasteiger partial charge in [-0.15, -0.1) is 0 Å². The SMILES string of the molecule is CC(O)CCN(C)C(=O)N1CCC(C(=O)O)CC1. The first kappa shape index (κ1) is 14.8. The number of amides is 2. The van der Waals surface area contributed by atoms with E-state index in [2.05, 4.69) is 0 Å². The molecular formula is C12H22N2O4.